The van der Waals surface area contributed by atoms with Crippen LogP contribution in [0.15, 0.2) is 24.9 Å². The molecule has 0 unspecified atom stereocenters. The minimum Gasteiger partial charge on any atom is -0.383 e. The number of pyridine rings is 1. The number of allylic oxidation sites excluding steroid dienone is 1. The quantitative estimate of drug-likeness (QED) is 0.565. The van der Waals surface area contributed by atoms with E-state index in [2.05, 4.69) is 17.6 Å². The van der Waals surface area contributed by atoms with Crippen molar-refractivity contribution in [3.63, 3.8) is 0 Å². The molecule has 0 spiro atoms. The van der Waals surface area contributed by atoms with Crippen LogP contribution in [-0.2, 0) is 6.42 Å². The van der Waals surface area contributed by atoms with Crippen molar-refractivity contribution in [3.8, 4) is 0 Å². The topological polar surface area (TPSA) is 38.9 Å². The van der Waals surface area contributed by atoms with Crippen molar-refractivity contribution in [1.29, 1.82) is 0 Å². The number of unbranched alkanes of at least 4 members (excludes halogenated alkanes) is 1. The average molecular weight is 176 g/mol. The first kappa shape index (κ1) is 9.78. The molecule has 0 saturated heterocycles. The highest BCUT2D eigenvalue weighted by atomic mass is 14.8. The lowest BCUT2D eigenvalue weighted by atomic mass is 10.1. The molecule has 0 amide bonds. The van der Waals surface area contributed by atoms with E-state index in [4.69, 9.17) is 5.73 Å². The Balaban J connectivity index is 2.64. The smallest absolute Gasteiger partial charge is 0.126 e. The maximum Gasteiger partial charge on any atom is 0.126 e. The molecule has 1 aromatic heterocycles. The Morgan fingerprint density at radius 1 is 1.62 bits per heavy atom. The summed E-state index contributed by atoms with van der Waals surface area (Å²) < 4.78 is 0. The van der Waals surface area contributed by atoms with E-state index in [9.17, 15) is 0 Å². The van der Waals surface area contributed by atoms with Crippen molar-refractivity contribution >= 4 is 5.82 Å². The molecule has 0 bridgehead atoms. The summed E-state index contributed by atoms with van der Waals surface area (Å²) in [5.41, 5.74) is 8.06. The van der Waals surface area contributed by atoms with Gasteiger partial charge < -0.3 is 5.73 Å². The Hall–Kier alpha value is -1.31. The molecule has 0 radical (unpaired) electrons. The fourth-order valence-electron chi connectivity index (χ4n) is 1.28. The molecule has 2 nitrogen and oxygen atoms in total. The highest BCUT2D eigenvalue weighted by Gasteiger charge is 1.99. The standard InChI is InChI=1S/C11H16N2/c1-3-4-5-6-10-7-9(2)8-13-11(10)12/h3,7-8H,1,4-6H2,2H3,(H2,12,13). The second-order valence-electron chi connectivity index (χ2n) is 3.24. The van der Waals surface area contributed by atoms with Gasteiger partial charge in [0.1, 0.15) is 5.82 Å². The zero-order chi connectivity index (χ0) is 9.68. The molecule has 0 aromatic carbocycles. The molecule has 1 heterocycles. The number of aromatic nitrogens is 1. The molecule has 70 valence electrons. The fraction of sp³-hybridized carbons (Fsp3) is 0.364. The van der Waals surface area contributed by atoms with Gasteiger partial charge in [-0.1, -0.05) is 12.1 Å². The average Bonchev–Trinajstić information content (AvgIpc) is 2.11. The molecule has 0 aliphatic rings. The predicted molar refractivity (Wildman–Crippen MR) is 56.5 cm³/mol. The summed E-state index contributed by atoms with van der Waals surface area (Å²) in [6.45, 7) is 5.72. The zero-order valence-electron chi connectivity index (χ0n) is 8.09. The van der Waals surface area contributed by atoms with Crippen LogP contribution in [0.2, 0.25) is 0 Å². The number of nitrogens with zero attached hydrogens (tertiary/aromatic N) is 1. The van der Waals surface area contributed by atoms with Crippen molar-refractivity contribution in [2.75, 3.05) is 5.73 Å². The molecule has 2 N–H and O–H groups in total. The number of nitrogens with two attached hydrogens (primary N) is 1. The predicted octanol–water partition coefficient (Wildman–Crippen LogP) is 2.48. The highest BCUT2D eigenvalue weighted by molar-refractivity contribution is 5.40. The molecule has 2 heteroatoms. The highest BCUT2D eigenvalue weighted by Crippen LogP contribution is 2.13. The van der Waals surface area contributed by atoms with Gasteiger partial charge in [-0.2, -0.15) is 0 Å². The van der Waals surface area contributed by atoms with Crippen LogP contribution in [0.5, 0.6) is 0 Å². The molecule has 0 saturated carbocycles. The molecule has 0 aliphatic carbocycles. The van der Waals surface area contributed by atoms with E-state index in [1.807, 2.05) is 13.0 Å². The van der Waals surface area contributed by atoms with Crippen molar-refractivity contribution < 1.29 is 0 Å². The van der Waals surface area contributed by atoms with Crippen molar-refractivity contribution in [2.45, 2.75) is 26.2 Å². The number of rotatable bonds is 4. The lowest BCUT2D eigenvalue weighted by Gasteiger charge is -2.04. The summed E-state index contributed by atoms with van der Waals surface area (Å²) in [7, 11) is 0. The van der Waals surface area contributed by atoms with Crippen LogP contribution < -0.4 is 5.73 Å². The van der Waals surface area contributed by atoms with Crippen molar-refractivity contribution in [1.82, 2.24) is 4.98 Å². The van der Waals surface area contributed by atoms with Gasteiger partial charge in [0.05, 0.1) is 0 Å². The van der Waals surface area contributed by atoms with Crippen LogP contribution in [0.25, 0.3) is 0 Å². The number of nitrogen functional groups attached to an aromatic ring is 1. The SMILES string of the molecule is C=CCCCc1cc(C)cnc1N. The van der Waals surface area contributed by atoms with E-state index in [0.29, 0.717) is 5.82 Å². The van der Waals surface area contributed by atoms with E-state index in [0.717, 1.165) is 24.8 Å². The van der Waals surface area contributed by atoms with E-state index in [1.54, 1.807) is 6.20 Å². The lowest BCUT2D eigenvalue weighted by Crippen LogP contribution is -1.98. The summed E-state index contributed by atoms with van der Waals surface area (Å²) in [5.74, 6) is 0.662. The first-order valence-electron chi connectivity index (χ1n) is 4.56. The fourth-order valence-corrected chi connectivity index (χ4v) is 1.28. The van der Waals surface area contributed by atoms with Gasteiger partial charge in [0.25, 0.3) is 0 Å². The molecule has 0 aliphatic heterocycles. The van der Waals surface area contributed by atoms with E-state index in [-0.39, 0.29) is 0 Å². The summed E-state index contributed by atoms with van der Waals surface area (Å²) in [6.07, 6.45) is 6.85. The third kappa shape index (κ3) is 2.90. The van der Waals surface area contributed by atoms with Crippen molar-refractivity contribution in [2.24, 2.45) is 0 Å². The van der Waals surface area contributed by atoms with Gasteiger partial charge in [0.2, 0.25) is 0 Å². The number of aryl methyl sites for hydroxylation is 2. The molecule has 0 fully saturated rings. The Morgan fingerprint density at radius 2 is 2.38 bits per heavy atom. The van der Waals surface area contributed by atoms with Crippen LogP contribution >= 0.6 is 0 Å². The minimum absolute atomic E-state index is 0.662. The molecule has 1 rings (SSSR count). The van der Waals surface area contributed by atoms with E-state index in [1.165, 1.54) is 5.56 Å². The van der Waals surface area contributed by atoms with Crippen molar-refractivity contribution in [3.05, 3.63) is 36.0 Å². The lowest BCUT2D eigenvalue weighted by molar-refractivity contribution is 0.841. The zero-order valence-corrected chi connectivity index (χ0v) is 8.09. The first-order valence-corrected chi connectivity index (χ1v) is 4.56. The molecule has 1 aromatic rings. The van der Waals surface area contributed by atoms with Crippen LogP contribution in [-0.4, -0.2) is 4.98 Å². The van der Waals surface area contributed by atoms with Crippen LogP contribution in [0.4, 0.5) is 5.82 Å². The Kier molecular flexibility index (Phi) is 3.50. The van der Waals surface area contributed by atoms with Gasteiger partial charge in [-0.3, -0.25) is 0 Å². The first-order chi connectivity index (χ1) is 6.24. The van der Waals surface area contributed by atoms with Crippen LogP contribution in [0, 0.1) is 6.92 Å². The van der Waals surface area contributed by atoms with Gasteiger partial charge in [-0.15, -0.1) is 6.58 Å². The largest absolute Gasteiger partial charge is 0.383 e. The Labute approximate surface area is 79.5 Å². The Morgan fingerprint density at radius 3 is 3.08 bits per heavy atom. The van der Waals surface area contributed by atoms with Gasteiger partial charge in [-0.25, -0.2) is 4.98 Å². The number of hydrogen-bond acceptors (Lipinski definition) is 2. The second-order valence-corrected chi connectivity index (χ2v) is 3.24. The summed E-state index contributed by atoms with van der Waals surface area (Å²) in [4.78, 5) is 4.11. The summed E-state index contributed by atoms with van der Waals surface area (Å²) >= 11 is 0. The molecular weight excluding hydrogens is 160 g/mol. The second kappa shape index (κ2) is 4.65. The maximum absolute atomic E-state index is 5.73. The van der Waals surface area contributed by atoms with Crippen LogP contribution in [0.3, 0.4) is 0 Å². The monoisotopic (exact) mass is 176 g/mol. The summed E-state index contributed by atoms with van der Waals surface area (Å²) in [5, 5.41) is 0. The van der Waals surface area contributed by atoms with E-state index >= 15 is 0 Å². The van der Waals surface area contributed by atoms with Gasteiger partial charge in [0, 0.05) is 6.20 Å². The normalized spacial score (nSPS) is 9.92. The third-order valence-electron chi connectivity index (χ3n) is 1.99. The van der Waals surface area contributed by atoms with Crippen LogP contribution in [0.1, 0.15) is 24.0 Å². The molecular formula is C11H16N2. The summed E-state index contributed by atoms with van der Waals surface area (Å²) in [6, 6.07) is 2.10. The van der Waals surface area contributed by atoms with Gasteiger partial charge in [0.15, 0.2) is 0 Å². The molecule has 0 atom stereocenters. The van der Waals surface area contributed by atoms with Gasteiger partial charge in [-0.05, 0) is 37.3 Å². The minimum atomic E-state index is 0.662. The number of hydrogen-bond donors (Lipinski definition) is 1. The third-order valence-corrected chi connectivity index (χ3v) is 1.99. The number of anilines is 1. The molecule has 13 heavy (non-hydrogen) atoms. The van der Waals surface area contributed by atoms with Gasteiger partial charge >= 0.3 is 0 Å². The maximum atomic E-state index is 5.73. The van der Waals surface area contributed by atoms with E-state index < -0.39 is 0 Å². The Bertz CT molecular complexity index is 292.